The first-order chi connectivity index (χ1) is 9.86. The van der Waals surface area contributed by atoms with Crippen molar-refractivity contribution in [2.75, 3.05) is 19.8 Å². The van der Waals surface area contributed by atoms with Gasteiger partial charge in [-0.05, 0) is 34.8 Å². The lowest BCUT2D eigenvalue weighted by molar-refractivity contribution is -0.154. The summed E-state index contributed by atoms with van der Waals surface area (Å²) in [6.45, 7) is 0.458. The standard InChI is InChI=1S/C12H15BrN2O5S/c13-9-5-10(7-14-6-9)21(18,19)15-8-12(11(16)17)1-3-20-4-2-12/h5-7,15H,1-4,8H2,(H,16,17). The molecule has 2 heterocycles. The van der Waals surface area contributed by atoms with Crippen molar-refractivity contribution in [3.8, 4) is 0 Å². The topological polar surface area (TPSA) is 106 Å². The molecule has 0 unspecified atom stereocenters. The van der Waals surface area contributed by atoms with Crippen LogP contribution >= 0.6 is 15.9 Å². The van der Waals surface area contributed by atoms with Crippen LogP contribution in [0, 0.1) is 5.41 Å². The number of hydrogen-bond acceptors (Lipinski definition) is 5. The molecule has 0 saturated carbocycles. The molecular formula is C12H15BrN2O5S. The Balaban J connectivity index is 2.15. The van der Waals surface area contributed by atoms with E-state index in [-0.39, 0.29) is 24.3 Å². The first-order valence-electron chi connectivity index (χ1n) is 6.27. The second kappa shape index (κ2) is 6.39. The van der Waals surface area contributed by atoms with Crippen LogP contribution in [0.3, 0.4) is 0 Å². The lowest BCUT2D eigenvalue weighted by Gasteiger charge is -2.33. The van der Waals surface area contributed by atoms with Crippen LogP contribution in [0.25, 0.3) is 0 Å². The smallest absolute Gasteiger partial charge is 0.311 e. The van der Waals surface area contributed by atoms with E-state index < -0.39 is 21.4 Å². The van der Waals surface area contributed by atoms with Gasteiger partial charge in [0.05, 0.1) is 5.41 Å². The molecule has 7 nitrogen and oxygen atoms in total. The second-order valence-electron chi connectivity index (χ2n) is 4.86. The lowest BCUT2D eigenvalue weighted by Crippen LogP contribution is -2.46. The van der Waals surface area contributed by atoms with E-state index in [1.165, 1.54) is 18.5 Å². The number of hydrogen-bond donors (Lipinski definition) is 2. The van der Waals surface area contributed by atoms with E-state index in [9.17, 15) is 18.3 Å². The Hall–Kier alpha value is -1.03. The van der Waals surface area contributed by atoms with Gasteiger partial charge < -0.3 is 9.84 Å². The Morgan fingerprint density at radius 3 is 2.67 bits per heavy atom. The number of nitrogens with zero attached hydrogens (tertiary/aromatic N) is 1. The van der Waals surface area contributed by atoms with Crippen LogP contribution in [0.15, 0.2) is 27.8 Å². The molecule has 2 N–H and O–H groups in total. The minimum Gasteiger partial charge on any atom is -0.481 e. The van der Waals surface area contributed by atoms with Crippen molar-refractivity contribution >= 4 is 31.9 Å². The molecule has 1 aromatic heterocycles. The molecular weight excluding hydrogens is 364 g/mol. The quantitative estimate of drug-likeness (QED) is 0.791. The number of sulfonamides is 1. The molecule has 0 spiro atoms. The molecule has 1 fully saturated rings. The van der Waals surface area contributed by atoms with Gasteiger partial charge >= 0.3 is 5.97 Å². The predicted molar refractivity (Wildman–Crippen MR) is 77.2 cm³/mol. The molecule has 116 valence electrons. The summed E-state index contributed by atoms with van der Waals surface area (Å²) < 4.78 is 32.4. The number of rotatable bonds is 5. The van der Waals surface area contributed by atoms with Gasteiger partial charge in [0.1, 0.15) is 4.90 Å². The van der Waals surface area contributed by atoms with Gasteiger partial charge in [-0.15, -0.1) is 0 Å². The molecule has 0 radical (unpaired) electrons. The first-order valence-corrected chi connectivity index (χ1v) is 8.55. The van der Waals surface area contributed by atoms with Gasteiger partial charge in [0.25, 0.3) is 0 Å². The maximum Gasteiger partial charge on any atom is 0.311 e. The fourth-order valence-corrected chi connectivity index (χ4v) is 3.72. The number of carboxylic acids is 1. The van der Waals surface area contributed by atoms with Crippen LogP contribution in [0.1, 0.15) is 12.8 Å². The third-order valence-electron chi connectivity index (χ3n) is 3.49. The third kappa shape index (κ3) is 3.79. The van der Waals surface area contributed by atoms with Crippen LogP contribution in [-0.2, 0) is 19.6 Å². The monoisotopic (exact) mass is 378 g/mol. The Kier molecular flexibility index (Phi) is 4.97. The summed E-state index contributed by atoms with van der Waals surface area (Å²) in [6.07, 6.45) is 3.24. The molecule has 0 bridgehead atoms. The summed E-state index contributed by atoms with van der Waals surface area (Å²) in [4.78, 5) is 15.3. The lowest BCUT2D eigenvalue weighted by atomic mass is 9.80. The van der Waals surface area contributed by atoms with Gasteiger partial charge in [0.15, 0.2) is 0 Å². The number of aliphatic carboxylic acids is 1. The van der Waals surface area contributed by atoms with E-state index in [1.54, 1.807) is 0 Å². The van der Waals surface area contributed by atoms with Crippen molar-refractivity contribution in [1.82, 2.24) is 9.71 Å². The molecule has 0 atom stereocenters. The van der Waals surface area contributed by atoms with Crippen molar-refractivity contribution in [2.24, 2.45) is 5.41 Å². The third-order valence-corrected chi connectivity index (χ3v) is 5.30. The van der Waals surface area contributed by atoms with Gasteiger partial charge in [-0.1, -0.05) is 0 Å². The van der Waals surface area contributed by atoms with E-state index >= 15 is 0 Å². The van der Waals surface area contributed by atoms with Gasteiger partial charge in [-0.2, -0.15) is 0 Å². The summed E-state index contributed by atoms with van der Waals surface area (Å²) >= 11 is 3.15. The number of nitrogens with one attached hydrogen (secondary N) is 1. The van der Waals surface area contributed by atoms with Crippen molar-refractivity contribution in [3.05, 3.63) is 22.9 Å². The first kappa shape index (κ1) is 16.3. The highest BCUT2D eigenvalue weighted by atomic mass is 79.9. The van der Waals surface area contributed by atoms with Gasteiger partial charge in [0, 0.05) is 36.6 Å². The molecule has 1 aromatic rings. The number of ether oxygens (including phenoxy) is 1. The number of carbonyl (C=O) groups is 1. The van der Waals surface area contributed by atoms with Gasteiger partial charge in [0.2, 0.25) is 10.0 Å². The number of aromatic nitrogens is 1. The zero-order chi connectivity index (χ0) is 15.5. The molecule has 1 saturated heterocycles. The minimum atomic E-state index is -3.80. The molecule has 0 aromatic carbocycles. The van der Waals surface area contributed by atoms with E-state index in [0.717, 1.165) is 0 Å². The largest absolute Gasteiger partial charge is 0.481 e. The second-order valence-corrected chi connectivity index (χ2v) is 7.54. The van der Waals surface area contributed by atoms with Crippen molar-refractivity contribution < 1.29 is 23.1 Å². The molecule has 1 aliphatic heterocycles. The SMILES string of the molecule is O=C(O)C1(CNS(=O)(=O)c2cncc(Br)c2)CCOCC1. The van der Waals surface area contributed by atoms with Gasteiger partial charge in [-0.25, -0.2) is 13.1 Å². The van der Waals surface area contributed by atoms with Crippen LogP contribution < -0.4 is 4.72 Å². The molecule has 1 aliphatic rings. The van der Waals surface area contributed by atoms with E-state index in [2.05, 4.69) is 25.6 Å². The van der Waals surface area contributed by atoms with Crippen molar-refractivity contribution in [3.63, 3.8) is 0 Å². The van der Waals surface area contributed by atoms with Crippen molar-refractivity contribution in [1.29, 1.82) is 0 Å². The number of pyridine rings is 1. The molecule has 0 amide bonds. The fraction of sp³-hybridized carbons (Fsp3) is 0.500. The van der Waals surface area contributed by atoms with E-state index in [4.69, 9.17) is 4.74 Å². The average molecular weight is 379 g/mol. The van der Waals surface area contributed by atoms with Crippen LogP contribution in [0.2, 0.25) is 0 Å². The highest BCUT2D eigenvalue weighted by molar-refractivity contribution is 9.10. The summed E-state index contributed by atoms with van der Waals surface area (Å²) in [5.74, 6) is -1.01. The Bertz CT molecular complexity index is 628. The highest BCUT2D eigenvalue weighted by Crippen LogP contribution is 2.30. The predicted octanol–water partition coefficient (Wildman–Crippen LogP) is 1.00. The normalized spacial score (nSPS) is 18.3. The zero-order valence-electron chi connectivity index (χ0n) is 11.1. The van der Waals surface area contributed by atoms with Crippen LogP contribution in [0.5, 0.6) is 0 Å². The zero-order valence-corrected chi connectivity index (χ0v) is 13.5. The highest BCUT2D eigenvalue weighted by Gasteiger charge is 2.41. The van der Waals surface area contributed by atoms with Crippen LogP contribution in [0.4, 0.5) is 0 Å². The minimum absolute atomic E-state index is 0.00975. The number of carboxylic acid groups (broad SMARTS) is 1. The fourth-order valence-electron chi connectivity index (χ4n) is 2.08. The Labute approximate surface area is 130 Å². The average Bonchev–Trinajstić information content (AvgIpc) is 2.46. The molecule has 9 heteroatoms. The van der Waals surface area contributed by atoms with E-state index in [1.807, 2.05) is 0 Å². The summed E-state index contributed by atoms with van der Waals surface area (Å²) in [6, 6.07) is 1.41. The number of halogens is 1. The molecule has 2 rings (SSSR count). The maximum atomic E-state index is 12.2. The summed E-state index contributed by atoms with van der Waals surface area (Å²) in [5, 5.41) is 9.39. The molecule has 0 aliphatic carbocycles. The summed E-state index contributed by atoms with van der Waals surface area (Å²) in [7, 11) is -3.80. The maximum absolute atomic E-state index is 12.2. The van der Waals surface area contributed by atoms with E-state index in [0.29, 0.717) is 17.7 Å². The van der Waals surface area contributed by atoms with Crippen LogP contribution in [-0.4, -0.2) is 44.2 Å². The Morgan fingerprint density at radius 2 is 2.10 bits per heavy atom. The van der Waals surface area contributed by atoms with Gasteiger partial charge in [-0.3, -0.25) is 9.78 Å². The van der Waals surface area contributed by atoms with Crippen molar-refractivity contribution in [2.45, 2.75) is 17.7 Å². The summed E-state index contributed by atoms with van der Waals surface area (Å²) in [5.41, 5.74) is -1.12. The molecule has 21 heavy (non-hydrogen) atoms. The Morgan fingerprint density at radius 1 is 1.43 bits per heavy atom.